The van der Waals surface area contributed by atoms with Gasteiger partial charge in [-0.25, -0.2) is 0 Å². The highest BCUT2D eigenvalue weighted by atomic mass is 32.2. The quantitative estimate of drug-likeness (QED) is 0.617. The smallest absolute Gasteiger partial charge is 0.0238 e. The summed E-state index contributed by atoms with van der Waals surface area (Å²) in [6.45, 7) is 0. The van der Waals surface area contributed by atoms with Crippen molar-refractivity contribution in [3.05, 3.63) is 54.1 Å². The van der Waals surface area contributed by atoms with Gasteiger partial charge in [-0.2, -0.15) is 0 Å². The third kappa shape index (κ3) is 1.17. The molecular formula is C13H10S. The van der Waals surface area contributed by atoms with Gasteiger partial charge >= 0.3 is 0 Å². The van der Waals surface area contributed by atoms with Gasteiger partial charge < -0.3 is 0 Å². The summed E-state index contributed by atoms with van der Waals surface area (Å²) in [7, 11) is 0. The summed E-state index contributed by atoms with van der Waals surface area (Å²) in [4.78, 5) is 1.41. The van der Waals surface area contributed by atoms with Crippen molar-refractivity contribution in [2.45, 2.75) is 10.6 Å². The van der Waals surface area contributed by atoms with Crippen LogP contribution in [0, 0.1) is 0 Å². The van der Waals surface area contributed by atoms with E-state index in [4.69, 9.17) is 0 Å². The van der Waals surface area contributed by atoms with Crippen LogP contribution in [0.3, 0.4) is 0 Å². The van der Waals surface area contributed by atoms with E-state index >= 15 is 0 Å². The van der Waals surface area contributed by atoms with Crippen LogP contribution in [0.15, 0.2) is 53.4 Å². The van der Waals surface area contributed by atoms with Crippen molar-refractivity contribution in [1.82, 2.24) is 0 Å². The number of rotatable bonds is 0. The lowest BCUT2D eigenvalue weighted by atomic mass is 10.0. The standard InChI is InChI=1S/C13H10S/c1-2-6-11-10(5-1)9-14-13-8-4-3-7-12(11)13/h1-8H,9H2. The van der Waals surface area contributed by atoms with Gasteiger partial charge in [-0.3, -0.25) is 0 Å². The second-order valence-electron chi connectivity index (χ2n) is 3.44. The Labute approximate surface area is 88.0 Å². The average molecular weight is 198 g/mol. The van der Waals surface area contributed by atoms with Gasteiger partial charge in [0, 0.05) is 10.6 Å². The van der Waals surface area contributed by atoms with Gasteiger partial charge in [-0.1, -0.05) is 42.5 Å². The van der Waals surface area contributed by atoms with Crippen LogP contribution in [-0.2, 0) is 5.75 Å². The Morgan fingerprint density at radius 2 is 1.50 bits per heavy atom. The van der Waals surface area contributed by atoms with E-state index in [1.165, 1.54) is 21.6 Å². The fraction of sp³-hybridized carbons (Fsp3) is 0.0769. The van der Waals surface area contributed by atoms with Crippen molar-refractivity contribution >= 4 is 11.8 Å². The number of fused-ring (bicyclic) bond motifs is 3. The second kappa shape index (κ2) is 3.18. The van der Waals surface area contributed by atoms with Gasteiger partial charge in [0.25, 0.3) is 0 Å². The molecule has 0 amide bonds. The van der Waals surface area contributed by atoms with Crippen LogP contribution in [0.4, 0.5) is 0 Å². The number of benzene rings is 2. The molecule has 0 atom stereocenters. The molecule has 1 heteroatoms. The van der Waals surface area contributed by atoms with Crippen LogP contribution >= 0.6 is 11.8 Å². The van der Waals surface area contributed by atoms with Crippen molar-refractivity contribution in [3.8, 4) is 11.1 Å². The molecule has 14 heavy (non-hydrogen) atoms. The summed E-state index contributed by atoms with van der Waals surface area (Å²) in [6, 6.07) is 17.3. The molecule has 0 aliphatic carbocycles. The molecule has 0 radical (unpaired) electrons. The van der Waals surface area contributed by atoms with Crippen molar-refractivity contribution in [2.24, 2.45) is 0 Å². The van der Waals surface area contributed by atoms with Crippen LogP contribution < -0.4 is 0 Å². The maximum Gasteiger partial charge on any atom is 0.0238 e. The molecule has 3 rings (SSSR count). The van der Waals surface area contributed by atoms with Gasteiger partial charge in [-0.15, -0.1) is 11.8 Å². The molecule has 68 valence electrons. The van der Waals surface area contributed by atoms with Gasteiger partial charge in [0.1, 0.15) is 0 Å². The van der Waals surface area contributed by atoms with E-state index in [9.17, 15) is 0 Å². The summed E-state index contributed by atoms with van der Waals surface area (Å²) in [5.41, 5.74) is 4.25. The molecule has 1 aliphatic rings. The van der Waals surface area contributed by atoms with Gasteiger partial charge in [0.2, 0.25) is 0 Å². The molecule has 0 spiro atoms. The van der Waals surface area contributed by atoms with E-state index in [0.29, 0.717) is 0 Å². The largest absolute Gasteiger partial charge is 0.121 e. The zero-order valence-corrected chi connectivity index (χ0v) is 8.55. The minimum absolute atomic E-state index is 1.10. The van der Waals surface area contributed by atoms with Crippen molar-refractivity contribution in [2.75, 3.05) is 0 Å². The fourth-order valence-corrected chi connectivity index (χ4v) is 2.95. The highest BCUT2D eigenvalue weighted by molar-refractivity contribution is 7.98. The van der Waals surface area contributed by atoms with E-state index in [1.54, 1.807) is 0 Å². The van der Waals surface area contributed by atoms with Crippen LogP contribution in [0.2, 0.25) is 0 Å². The van der Waals surface area contributed by atoms with Crippen molar-refractivity contribution in [1.29, 1.82) is 0 Å². The first kappa shape index (κ1) is 8.13. The first-order chi connectivity index (χ1) is 6.95. The Balaban J connectivity index is 2.29. The number of hydrogen-bond donors (Lipinski definition) is 0. The molecule has 2 aromatic rings. The number of hydrogen-bond acceptors (Lipinski definition) is 1. The molecule has 1 heterocycles. The monoisotopic (exact) mass is 198 g/mol. The first-order valence-electron chi connectivity index (χ1n) is 4.75. The SMILES string of the molecule is c1ccc2c(c1)CSc1ccccc1-2. The molecule has 0 aromatic heterocycles. The molecule has 0 saturated carbocycles. The summed E-state index contributed by atoms with van der Waals surface area (Å²) in [5.74, 6) is 1.10. The van der Waals surface area contributed by atoms with E-state index in [1.807, 2.05) is 11.8 Å². The molecule has 0 nitrogen and oxygen atoms in total. The zero-order valence-electron chi connectivity index (χ0n) is 7.73. The lowest BCUT2D eigenvalue weighted by molar-refractivity contribution is 1.32. The second-order valence-corrected chi connectivity index (χ2v) is 4.46. The average Bonchev–Trinajstić information content (AvgIpc) is 2.29. The van der Waals surface area contributed by atoms with E-state index < -0.39 is 0 Å². The Kier molecular flexibility index (Phi) is 1.84. The van der Waals surface area contributed by atoms with Gasteiger partial charge in [0.05, 0.1) is 0 Å². The van der Waals surface area contributed by atoms with Crippen molar-refractivity contribution in [3.63, 3.8) is 0 Å². The summed E-state index contributed by atoms with van der Waals surface area (Å²) in [5, 5.41) is 0. The molecule has 2 aromatic carbocycles. The molecule has 0 saturated heterocycles. The Morgan fingerprint density at radius 1 is 0.786 bits per heavy atom. The molecule has 1 aliphatic heterocycles. The Hall–Kier alpha value is -1.21. The molecule has 0 N–H and O–H groups in total. The molecule has 0 bridgehead atoms. The highest BCUT2D eigenvalue weighted by Crippen LogP contribution is 2.40. The highest BCUT2D eigenvalue weighted by Gasteiger charge is 2.14. The summed E-state index contributed by atoms with van der Waals surface area (Å²) < 4.78 is 0. The van der Waals surface area contributed by atoms with Crippen LogP contribution in [0.25, 0.3) is 11.1 Å². The van der Waals surface area contributed by atoms with Crippen LogP contribution in [0.5, 0.6) is 0 Å². The first-order valence-corrected chi connectivity index (χ1v) is 5.74. The molecular weight excluding hydrogens is 188 g/mol. The maximum atomic E-state index is 2.22. The third-order valence-electron chi connectivity index (χ3n) is 2.58. The predicted molar refractivity (Wildman–Crippen MR) is 61.4 cm³/mol. The summed E-state index contributed by atoms with van der Waals surface area (Å²) in [6.07, 6.45) is 0. The Morgan fingerprint density at radius 3 is 2.43 bits per heavy atom. The minimum Gasteiger partial charge on any atom is -0.121 e. The van der Waals surface area contributed by atoms with Gasteiger partial charge in [0.15, 0.2) is 0 Å². The number of thioether (sulfide) groups is 1. The lowest BCUT2D eigenvalue weighted by Gasteiger charge is -2.18. The van der Waals surface area contributed by atoms with Crippen molar-refractivity contribution < 1.29 is 0 Å². The van der Waals surface area contributed by atoms with Crippen LogP contribution in [0.1, 0.15) is 5.56 Å². The van der Waals surface area contributed by atoms with E-state index in [-0.39, 0.29) is 0 Å². The fourth-order valence-electron chi connectivity index (χ4n) is 1.88. The van der Waals surface area contributed by atoms with E-state index in [0.717, 1.165) is 5.75 Å². The zero-order chi connectivity index (χ0) is 9.38. The minimum atomic E-state index is 1.10. The van der Waals surface area contributed by atoms with Gasteiger partial charge in [-0.05, 0) is 22.8 Å². The Bertz CT molecular complexity index is 429. The lowest BCUT2D eigenvalue weighted by Crippen LogP contribution is -1.94. The molecule has 0 unspecified atom stereocenters. The predicted octanol–water partition coefficient (Wildman–Crippen LogP) is 3.96. The maximum absolute atomic E-state index is 2.22. The summed E-state index contributed by atoms with van der Waals surface area (Å²) >= 11 is 1.93. The molecule has 0 fully saturated rings. The third-order valence-corrected chi connectivity index (χ3v) is 3.70. The topological polar surface area (TPSA) is 0 Å². The van der Waals surface area contributed by atoms with Crippen LogP contribution in [-0.4, -0.2) is 0 Å². The van der Waals surface area contributed by atoms with E-state index in [2.05, 4.69) is 48.5 Å². The normalized spacial score (nSPS) is 13.1.